The van der Waals surface area contributed by atoms with Crippen molar-refractivity contribution in [1.82, 2.24) is 5.32 Å². The predicted octanol–water partition coefficient (Wildman–Crippen LogP) is -0.0664. The lowest BCUT2D eigenvalue weighted by Crippen LogP contribution is -2.50. The molecule has 1 rings (SSSR count). The number of hydrogen-bond donors (Lipinski definition) is 5. The van der Waals surface area contributed by atoms with Crippen LogP contribution in [0, 0.1) is 5.92 Å². The van der Waals surface area contributed by atoms with Crippen LogP contribution < -0.4 is 11.1 Å². The first-order chi connectivity index (χ1) is 9.90. The third-order valence-electron chi connectivity index (χ3n) is 3.48. The molecule has 0 spiro atoms. The Labute approximate surface area is 127 Å². The molecule has 0 unspecified atom stereocenters. The van der Waals surface area contributed by atoms with Crippen LogP contribution in [-0.2, 0) is 6.42 Å². The van der Waals surface area contributed by atoms with Crippen LogP contribution >= 0.6 is 0 Å². The number of nitrogens with two attached hydrogens (primary N) is 1. The quantitative estimate of drug-likeness (QED) is 0.411. The van der Waals surface area contributed by atoms with Gasteiger partial charge in [0.1, 0.15) is 0 Å². The Morgan fingerprint density at radius 1 is 1.19 bits per heavy atom. The van der Waals surface area contributed by atoms with E-state index in [1.807, 2.05) is 44.2 Å². The van der Waals surface area contributed by atoms with Crippen molar-refractivity contribution in [3.63, 3.8) is 0 Å². The summed E-state index contributed by atoms with van der Waals surface area (Å²) in [6.07, 6.45) is 0.469. The summed E-state index contributed by atoms with van der Waals surface area (Å²) in [6.45, 7) is 4.26. The first-order valence-electron chi connectivity index (χ1n) is 7.47. The van der Waals surface area contributed by atoms with Crippen LogP contribution in [0.4, 0.5) is 0 Å². The smallest absolute Gasteiger partial charge is 0.426 e. The molecule has 6 heteroatoms. The predicted molar refractivity (Wildman–Crippen MR) is 85.6 cm³/mol. The third-order valence-corrected chi connectivity index (χ3v) is 3.48. The summed E-state index contributed by atoms with van der Waals surface area (Å²) in [5.41, 5.74) is 7.07. The summed E-state index contributed by atoms with van der Waals surface area (Å²) in [4.78, 5) is 0. The van der Waals surface area contributed by atoms with E-state index in [-0.39, 0.29) is 6.54 Å². The SMILES string of the molecule is CC(C)C[C@H](NC[C@H](O)[C@H](N)Cc1ccccc1)B(O)O. The van der Waals surface area contributed by atoms with Gasteiger partial charge in [-0.05, 0) is 24.3 Å². The lowest BCUT2D eigenvalue weighted by molar-refractivity contribution is 0.138. The average Bonchev–Trinajstić information content (AvgIpc) is 2.43. The van der Waals surface area contributed by atoms with E-state index in [4.69, 9.17) is 5.73 Å². The molecule has 5 nitrogen and oxygen atoms in total. The van der Waals surface area contributed by atoms with E-state index in [9.17, 15) is 15.2 Å². The van der Waals surface area contributed by atoms with E-state index in [2.05, 4.69) is 5.32 Å². The van der Waals surface area contributed by atoms with Crippen molar-refractivity contribution < 1.29 is 15.2 Å². The van der Waals surface area contributed by atoms with Gasteiger partial charge in [0.05, 0.1) is 6.10 Å². The van der Waals surface area contributed by atoms with Crippen LogP contribution in [0.25, 0.3) is 0 Å². The molecular weight excluding hydrogens is 267 g/mol. The van der Waals surface area contributed by atoms with Crippen molar-refractivity contribution in [2.24, 2.45) is 11.7 Å². The van der Waals surface area contributed by atoms with E-state index < -0.39 is 25.2 Å². The summed E-state index contributed by atoms with van der Waals surface area (Å²) in [5, 5.41) is 31.7. The van der Waals surface area contributed by atoms with Crippen molar-refractivity contribution in [2.75, 3.05) is 6.54 Å². The summed E-state index contributed by atoms with van der Waals surface area (Å²) in [5.74, 6) is -0.122. The molecule has 0 saturated heterocycles. The number of aliphatic hydroxyl groups is 1. The molecular formula is C15H27BN2O3. The highest BCUT2D eigenvalue weighted by Crippen LogP contribution is 2.07. The molecule has 0 radical (unpaired) electrons. The number of aliphatic hydroxyl groups excluding tert-OH is 1. The molecule has 118 valence electrons. The zero-order chi connectivity index (χ0) is 15.8. The van der Waals surface area contributed by atoms with Gasteiger partial charge in [0.2, 0.25) is 0 Å². The second kappa shape index (κ2) is 9.17. The Hall–Kier alpha value is -0.915. The van der Waals surface area contributed by atoms with Gasteiger partial charge in [-0.1, -0.05) is 44.2 Å². The zero-order valence-electron chi connectivity index (χ0n) is 12.8. The third kappa shape index (κ3) is 7.06. The fraction of sp³-hybridized carbons (Fsp3) is 0.600. The van der Waals surface area contributed by atoms with Gasteiger partial charge in [-0.2, -0.15) is 0 Å². The molecule has 0 aliphatic rings. The van der Waals surface area contributed by atoms with E-state index in [0.29, 0.717) is 18.8 Å². The summed E-state index contributed by atoms with van der Waals surface area (Å²) in [6, 6.07) is 9.36. The van der Waals surface area contributed by atoms with Crippen molar-refractivity contribution in [3.05, 3.63) is 35.9 Å². The number of benzene rings is 1. The van der Waals surface area contributed by atoms with Gasteiger partial charge in [0.15, 0.2) is 0 Å². The Bertz CT molecular complexity index is 390. The maximum Gasteiger partial charge on any atom is 0.469 e. The van der Waals surface area contributed by atoms with Crippen LogP contribution in [0.5, 0.6) is 0 Å². The van der Waals surface area contributed by atoms with Crippen LogP contribution in [0.15, 0.2) is 30.3 Å². The largest absolute Gasteiger partial charge is 0.469 e. The fourth-order valence-electron chi connectivity index (χ4n) is 2.26. The van der Waals surface area contributed by atoms with Crippen LogP contribution in [-0.4, -0.2) is 46.9 Å². The minimum Gasteiger partial charge on any atom is -0.426 e. The van der Waals surface area contributed by atoms with E-state index in [0.717, 1.165) is 5.56 Å². The molecule has 6 N–H and O–H groups in total. The highest BCUT2D eigenvalue weighted by Gasteiger charge is 2.25. The van der Waals surface area contributed by atoms with E-state index >= 15 is 0 Å². The minimum absolute atomic E-state index is 0.239. The summed E-state index contributed by atoms with van der Waals surface area (Å²) >= 11 is 0. The molecule has 0 bridgehead atoms. The van der Waals surface area contributed by atoms with Crippen molar-refractivity contribution in [1.29, 1.82) is 0 Å². The van der Waals surface area contributed by atoms with Crippen molar-refractivity contribution >= 4 is 7.12 Å². The first-order valence-corrected chi connectivity index (χ1v) is 7.47. The monoisotopic (exact) mass is 294 g/mol. The number of rotatable bonds is 9. The molecule has 0 aliphatic carbocycles. The minimum atomic E-state index is -1.44. The highest BCUT2D eigenvalue weighted by atomic mass is 16.4. The fourth-order valence-corrected chi connectivity index (χ4v) is 2.26. The first kappa shape index (κ1) is 18.1. The van der Waals surface area contributed by atoms with Crippen molar-refractivity contribution in [3.8, 4) is 0 Å². The number of nitrogens with one attached hydrogen (secondary N) is 1. The van der Waals surface area contributed by atoms with Gasteiger partial charge in [0.25, 0.3) is 0 Å². The van der Waals surface area contributed by atoms with E-state index in [1.54, 1.807) is 0 Å². The Kier molecular flexibility index (Phi) is 7.92. The van der Waals surface area contributed by atoms with Crippen LogP contribution in [0.3, 0.4) is 0 Å². The average molecular weight is 294 g/mol. The van der Waals surface area contributed by atoms with Crippen molar-refractivity contribution in [2.45, 2.75) is 44.8 Å². The standard InChI is InChI=1S/C15H27BN2O3/c1-11(2)8-15(16(20)21)18-10-14(19)13(17)9-12-6-4-3-5-7-12/h3-7,11,13-15,18-21H,8-10,17H2,1-2H3/t13-,14+,15+/m1/s1. The van der Waals surface area contributed by atoms with Gasteiger partial charge >= 0.3 is 7.12 Å². The van der Waals surface area contributed by atoms with Gasteiger partial charge in [-0.25, -0.2) is 0 Å². The second-order valence-corrected chi connectivity index (χ2v) is 5.98. The summed E-state index contributed by atoms with van der Waals surface area (Å²) in [7, 11) is -1.44. The molecule has 1 aromatic rings. The Morgan fingerprint density at radius 2 is 1.81 bits per heavy atom. The normalized spacial score (nSPS) is 15.8. The molecule has 3 atom stereocenters. The lowest BCUT2D eigenvalue weighted by atomic mass is 9.75. The maximum atomic E-state index is 10.1. The van der Waals surface area contributed by atoms with Gasteiger partial charge in [-0.3, -0.25) is 0 Å². The molecule has 0 fully saturated rings. The molecule has 0 aromatic heterocycles. The topological polar surface area (TPSA) is 98.7 Å². The molecule has 0 heterocycles. The Balaban J connectivity index is 2.42. The molecule has 21 heavy (non-hydrogen) atoms. The Morgan fingerprint density at radius 3 is 2.33 bits per heavy atom. The lowest BCUT2D eigenvalue weighted by Gasteiger charge is -2.24. The van der Waals surface area contributed by atoms with Crippen LogP contribution in [0.2, 0.25) is 0 Å². The van der Waals surface area contributed by atoms with Crippen LogP contribution in [0.1, 0.15) is 25.8 Å². The zero-order valence-corrected chi connectivity index (χ0v) is 12.8. The van der Waals surface area contributed by atoms with Gasteiger partial charge in [-0.15, -0.1) is 0 Å². The number of hydrogen-bond acceptors (Lipinski definition) is 5. The second-order valence-electron chi connectivity index (χ2n) is 5.98. The maximum absolute atomic E-state index is 10.1. The highest BCUT2D eigenvalue weighted by molar-refractivity contribution is 6.43. The van der Waals surface area contributed by atoms with Gasteiger partial charge < -0.3 is 26.2 Å². The van der Waals surface area contributed by atoms with E-state index in [1.165, 1.54) is 0 Å². The molecule has 0 aliphatic heterocycles. The van der Waals surface area contributed by atoms with Gasteiger partial charge in [0, 0.05) is 18.5 Å². The molecule has 1 aromatic carbocycles. The molecule has 0 saturated carbocycles. The molecule has 0 amide bonds. The summed E-state index contributed by atoms with van der Waals surface area (Å²) < 4.78 is 0.